The average molecular weight is 174 g/mol. The van der Waals surface area contributed by atoms with Gasteiger partial charge in [0.25, 0.3) is 12.0 Å². The van der Waals surface area contributed by atoms with Gasteiger partial charge in [-0.1, -0.05) is 0 Å². The molecule has 1 aromatic rings. The van der Waals surface area contributed by atoms with Crippen LogP contribution in [0.3, 0.4) is 0 Å². The number of aromatic amines is 1. The van der Waals surface area contributed by atoms with E-state index in [1.54, 1.807) is 0 Å². The molecule has 0 saturated carbocycles. The number of H-pyrrole nitrogens is 1. The molecule has 0 atom stereocenters. The van der Waals surface area contributed by atoms with Gasteiger partial charge in [-0.2, -0.15) is 0 Å². The van der Waals surface area contributed by atoms with Crippen LogP contribution in [0, 0.1) is 0 Å². The molecule has 0 fully saturated rings. The summed E-state index contributed by atoms with van der Waals surface area (Å²) >= 11 is 0. The summed E-state index contributed by atoms with van der Waals surface area (Å²) in [6.45, 7) is -0.0520. The fourth-order valence-electron chi connectivity index (χ4n) is 0.949. The predicted molar refractivity (Wildman–Crippen MR) is 39.9 cm³/mol. The summed E-state index contributed by atoms with van der Waals surface area (Å²) in [6, 6.07) is 1.38. The molecule has 3 N–H and O–H groups in total. The maximum absolute atomic E-state index is 12.2. The van der Waals surface area contributed by atoms with Crippen LogP contribution in [0.2, 0.25) is 0 Å². The number of hydrogen-bond acceptors (Lipinski definition) is 2. The first-order valence-electron chi connectivity index (χ1n) is 3.35. The number of rotatable bonds is 2. The molecule has 0 radical (unpaired) electrons. The normalized spacial score (nSPS) is 10.7. The first kappa shape index (κ1) is 8.86. The largest absolute Gasteiger partial charge is 0.329 e. The summed E-state index contributed by atoms with van der Waals surface area (Å²) in [6.07, 6.45) is -1.47. The van der Waals surface area contributed by atoms with Gasteiger partial charge in [0.2, 0.25) is 0 Å². The molecule has 1 aromatic heterocycles. The van der Waals surface area contributed by atoms with Crippen LogP contribution in [0.15, 0.2) is 17.1 Å². The van der Waals surface area contributed by atoms with Gasteiger partial charge in [0.15, 0.2) is 0 Å². The molecule has 0 aliphatic carbocycles. The molecule has 3 nitrogen and oxygen atoms in total. The second-order valence-electron chi connectivity index (χ2n) is 2.25. The van der Waals surface area contributed by atoms with Gasteiger partial charge in [-0.15, -0.1) is 0 Å². The zero-order valence-electron chi connectivity index (χ0n) is 6.18. The van der Waals surface area contributed by atoms with Crippen LogP contribution >= 0.6 is 0 Å². The summed E-state index contributed by atoms with van der Waals surface area (Å²) in [4.78, 5) is 13.0. The van der Waals surface area contributed by atoms with Crippen molar-refractivity contribution in [2.75, 3.05) is 0 Å². The van der Waals surface area contributed by atoms with Crippen molar-refractivity contribution >= 4 is 0 Å². The maximum atomic E-state index is 12.2. The molecule has 1 heterocycles. The third-order valence-corrected chi connectivity index (χ3v) is 1.53. The number of nitrogens with one attached hydrogen (secondary N) is 1. The summed E-state index contributed by atoms with van der Waals surface area (Å²) in [5.74, 6) is 0. The SMILES string of the molecule is NCc1cc[nH]c(=O)c1C(F)F. The van der Waals surface area contributed by atoms with Crippen molar-refractivity contribution < 1.29 is 8.78 Å². The number of nitrogens with two attached hydrogens (primary N) is 1. The number of hydrogen-bond donors (Lipinski definition) is 2. The number of pyridine rings is 1. The Morgan fingerprint density at radius 1 is 1.58 bits per heavy atom. The molecular formula is C7H8F2N2O. The topological polar surface area (TPSA) is 58.9 Å². The van der Waals surface area contributed by atoms with Gasteiger partial charge in [-0.05, 0) is 11.6 Å². The van der Waals surface area contributed by atoms with Crippen molar-refractivity contribution in [3.63, 3.8) is 0 Å². The van der Waals surface area contributed by atoms with Crippen LogP contribution in [-0.4, -0.2) is 4.98 Å². The van der Waals surface area contributed by atoms with Crippen LogP contribution in [0.5, 0.6) is 0 Å². The quantitative estimate of drug-likeness (QED) is 0.695. The van der Waals surface area contributed by atoms with Gasteiger partial charge in [-0.3, -0.25) is 4.79 Å². The van der Waals surface area contributed by atoms with Gasteiger partial charge in [0.05, 0.1) is 5.56 Å². The second kappa shape index (κ2) is 3.44. The van der Waals surface area contributed by atoms with Crippen molar-refractivity contribution in [1.29, 1.82) is 0 Å². The van der Waals surface area contributed by atoms with Crippen LogP contribution < -0.4 is 11.3 Å². The Balaban J connectivity index is 3.30. The highest BCUT2D eigenvalue weighted by molar-refractivity contribution is 5.23. The van der Waals surface area contributed by atoms with Crippen molar-refractivity contribution in [3.8, 4) is 0 Å². The number of alkyl halides is 2. The minimum absolute atomic E-state index is 0.0520. The van der Waals surface area contributed by atoms with Crippen molar-refractivity contribution in [2.24, 2.45) is 5.73 Å². The number of aromatic nitrogens is 1. The highest BCUT2D eigenvalue weighted by Crippen LogP contribution is 2.17. The van der Waals surface area contributed by atoms with Crippen LogP contribution in [0.25, 0.3) is 0 Å². The molecule has 0 unspecified atom stereocenters. The number of halogens is 2. The Bertz CT molecular complexity index is 321. The maximum Gasteiger partial charge on any atom is 0.269 e. The lowest BCUT2D eigenvalue weighted by Crippen LogP contribution is -2.17. The first-order chi connectivity index (χ1) is 5.66. The monoisotopic (exact) mass is 174 g/mol. The Hall–Kier alpha value is -1.23. The van der Waals surface area contributed by atoms with E-state index in [4.69, 9.17) is 5.73 Å². The van der Waals surface area contributed by atoms with E-state index < -0.39 is 17.5 Å². The minimum Gasteiger partial charge on any atom is -0.329 e. The molecule has 66 valence electrons. The third kappa shape index (κ3) is 1.50. The molecule has 1 rings (SSSR count). The highest BCUT2D eigenvalue weighted by Gasteiger charge is 2.15. The molecule has 0 aliphatic rings. The molecular weight excluding hydrogens is 166 g/mol. The Morgan fingerprint density at radius 3 is 2.67 bits per heavy atom. The summed E-state index contributed by atoms with van der Waals surface area (Å²) < 4.78 is 24.4. The van der Waals surface area contributed by atoms with Gasteiger partial charge >= 0.3 is 0 Å². The highest BCUT2D eigenvalue weighted by atomic mass is 19.3. The van der Waals surface area contributed by atoms with Crippen molar-refractivity contribution in [3.05, 3.63) is 33.7 Å². The van der Waals surface area contributed by atoms with E-state index in [-0.39, 0.29) is 12.1 Å². The smallest absolute Gasteiger partial charge is 0.269 e. The third-order valence-electron chi connectivity index (χ3n) is 1.53. The van der Waals surface area contributed by atoms with Crippen molar-refractivity contribution in [2.45, 2.75) is 13.0 Å². The predicted octanol–water partition coefficient (Wildman–Crippen LogP) is 0.771. The van der Waals surface area contributed by atoms with Gasteiger partial charge in [0, 0.05) is 12.7 Å². The van der Waals surface area contributed by atoms with E-state index in [2.05, 4.69) is 4.98 Å². The fourth-order valence-corrected chi connectivity index (χ4v) is 0.949. The molecule has 12 heavy (non-hydrogen) atoms. The van der Waals surface area contributed by atoms with Gasteiger partial charge < -0.3 is 10.7 Å². The van der Waals surface area contributed by atoms with Crippen LogP contribution in [0.1, 0.15) is 17.6 Å². The molecule has 0 amide bonds. The van der Waals surface area contributed by atoms with E-state index in [1.807, 2.05) is 0 Å². The van der Waals surface area contributed by atoms with E-state index in [9.17, 15) is 13.6 Å². The molecule has 0 aliphatic heterocycles. The molecule has 0 saturated heterocycles. The molecule has 0 aromatic carbocycles. The summed E-state index contributed by atoms with van der Waals surface area (Å²) in [7, 11) is 0. The summed E-state index contributed by atoms with van der Waals surface area (Å²) in [5.41, 5.74) is 4.06. The lowest BCUT2D eigenvalue weighted by Gasteiger charge is -2.03. The minimum atomic E-state index is -2.77. The van der Waals surface area contributed by atoms with Crippen molar-refractivity contribution in [1.82, 2.24) is 4.98 Å². The van der Waals surface area contributed by atoms with Gasteiger partial charge in [-0.25, -0.2) is 8.78 Å². The van der Waals surface area contributed by atoms with Gasteiger partial charge in [0.1, 0.15) is 0 Å². The average Bonchev–Trinajstić information content (AvgIpc) is 2.03. The zero-order valence-corrected chi connectivity index (χ0v) is 6.18. The standard InChI is InChI=1S/C7H8F2N2O/c8-6(9)5-4(3-10)1-2-11-7(5)12/h1-2,6H,3,10H2,(H,11,12). The fraction of sp³-hybridized carbons (Fsp3) is 0.286. The van der Waals surface area contributed by atoms with Crippen LogP contribution in [0.4, 0.5) is 8.78 Å². The second-order valence-corrected chi connectivity index (χ2v) is 2.25. The van der Waals surface area contributed by atoms with E-state index in [1.165, 1.54) is 12.3 Å². The zero-order chi connectivity index (χ0) is 9.14. The Morgan fingerprint density at radius 2 is 2.25 bits per heavy atom. The molecule has 5 heteroatoms. The molecule has 0 bridgehead atoms. The Labute approximate surface area is 67.2 Å². The van der Waals surface area contributed by atoms with E-state index in [0.29, 0.717) is 0 Å². The molecule has 0 spiro atoms. The lowest BCUT2D eigenvalue weighted by molar-refractivity contribution is 0.148. The Kier molecular flexibility index (Phi) is 2.54. The lowest BCUT2D eigenvalue weighted by atomic mass is 10.1. The van der Waals surface area contributed by atoms with Crippen LogP contribution in [-0.2, 0) is 6.54 Å². The first-order valence-corrected chi connectivity index (χ1v) is 3.35. The summed E-state index contributed by atoms with van der Waals surface area (Å²) in [5, 5.41) is 0. The van der Waals surface area contributed by atoms with E-state index >= 15 is 0 Å². The van der Waals surface area contributed by atoms with E-state index in [0.717, 1.165) is 0 Å².